The Morgan fingerprint density at radius 3 is 2.59 bits per heavy atom. The van der Waals surface area contributed by atoms with Crippen LogP contribution < -0.4 is 11.5 Å². The maximum absolute atomic E-state index is 11.8. The first-order valence-electron chi connectivity index (χ1n) is 4.60. The first kappa shape index (κ1) is 13.3. The third kappa shape index (κ3) is 3.33. The van der Waals surface area contributed by atoms with Crippen molar-refractivity contribution in [2.75, 3.05) is 5.75 Å². The Labute approximate surface area is 99.4 Å². The Balaban J connectivity index is 2.97. The van der Waals surface area contributed by atoms with Crippen molar-refractivity contribution in [2.24, 2.45) is 11.5 Å². The van der Waals surface area contributed by atoms with Gasteiger partial charge in [0.25, 0.3) is 5.69 Å². The first-order chi connectivity index (χ1) is 7.93. The standard InChI is InChI=1S/C9H11N3O4S/c10-6(9(11)13)5-17(16)8-4-2-1-3-7(8)12(14)15/h1-4,6H,5,10H2,(H2,11,13). The summed E-state index contributed by atoms with van der Waals surface area (Å²) in [7, 11) is -1.73. The first-order valence-corrected chi connectivity index (χ1v) is 5.92. The zero-order chi connectivity index (χ0) is 13.0. The number of amides is 1. The summed E-state index contributed by atoms with van der Waals surface area (Å²) in [6, 6.07) is 4.50. The number of benzene rings is 1. The van der Waals surface area contributed by atoms with Gasteiger partial charge in [-0.1, -0.05) is 12.1 Å². The molecule has 1 aromatic carbocycles. The number of nitrogens with two attached hydrogens (primary N) is 2. The topological polar surface area (TPSA) is 129 Å². The van der Waals surface area contributed by atoms with E-state index in [4.69, 9.17) is 11.5 Å². The molecule has 92 valence electrons. The molecule has 1 amide bonds. The number of nitro groups is 1. The van der Waals surface area contributed by atoms with Crippen LogP contribution in [0.3, 0.4) is 0 Å². The van der Waals surface area contributed by atoms with Gasteiger partial charge < -0.3 is 11.5 Å². The van der Waals surface area contributed by atoms with Gasteiger partial charge >= 0.3 is 0 Å². The van der Waals surface area contributed by atoms with Crippen LogP contribution in [0, 0.1) is 10.1 Å². The van der Waals surface area contributed by atoms with Gasteiger partial charge in [-0.2, -0.15) is 0 Å². The minimum atomic E-state index is -1.73. The second kappa shape index (κ2) is 5.51. The summed E-state index contributed by atoms with van der Waals surface area (Å²) in [5.74, 6) is -1.03. The van der Waals surface area contributed by atoms with E-state index in [1.807, 2.05) is 0 Å². The molecule has 0 aromatic heterocycles. The summed E-state index contributed by atoms with van der Waals surface area (Å²) >= 11 is 0. The van der Waals surface area contributed by atoms with Crippen LogP contribution in [0.25, 0.3) is 0 Å². The quantitative estimate of drug-likeness (QED) is 0.543. The van der Waals surface area contributed by atoms with Crippen LogP contribution >= 0.6 is 0 Å². The SMILES string of the molecule is NC(=O)C(N)CS(=O)c1ccccc1[N+](=O)[O-]. The predicted octanol–water partition coefficient (Wildman–Crippen LogP) is -0.485. The number of carbonyl (C=O) groups excluding carboxylic acids is 1. The molecule has 2 atom stereocenters. The molecule has 0 spiro atoms. The Morgan fingerprint density at radius 1 is 1.47 bits per heavy atom. The monoisotopic (exact) mass is 257 g/mol. The summed E-state index contributed by atoms with van der Waals surface area (Å²) < 4.78 is 11.8. The number of primary amides is 1. The Kier molecular flexibility index (Phi) is 4.30. The molecule has 0 aliphatic carbocycles. The van der Waals surface area contributed by atoms with E-state index in [0.717, 1.165) is 0 Å². The molecule has 0 heterocycles. The van der Waals surface area contributed by atoms with Crippen LogP contribution in [0.1, 0.15) is 0 Å². The molecule has 0 saturated heterocycles. The van der Waals surface area contributed by atoms with Gasteiger partial charge in [-0.3, -0.25) is 19.1 Å². The van der Waals surface area contributed by atoms with Crippen LogP contribution in [0.15, 0.2) is 29.2 Å². The maximum Gasteiger partial charge on any atom is 0.285 e. The maximum atomic E-state index is 11.8. The second-order valence-electron chi connectivity index (χ2n) is 3.25. The molecular formula is C9H11N3O4S. The van der Waals surface area contributed by atoms with Crippen LogP contribution in [0.5, 0.6) is 0 Å². The van der Waals surface area contributed by atoms with Crippen molar-refractivity contribution in [1.29, 1.82) is 0 Å². The summed E-state index contributed by atoms with van der Waals surface area (Å²) in [6.07, 6.45) is 0. The Hall–Kier alpha value is -1.80. The highest BCUT2D eigenvalue weighted by Crippen LogP contribution is 2.21. The van der Waals surface area contributed by atoms with E-state index in [-0.39, 0.29) is 16.3 Å². The zero-order valence-corrected chi connectivity index (χ0v) is 9.55. The van der Waals surface area contributed by atoms with Gasteiger partial charge in [-0.15, -0.1) is 0 Å². The van der Waals surface area contributed by atoms with E-state index in [1.165, 1.54) is 24.3 Å². The number of hydrogen-bond donors (Lipinski definition) is 2. The van der Waals surface area contributed by atoms with Gasteiger partial charge in [0.2, 0.25) is 5.91 Å². The lowest BCUT2D eigenvalue weighted by Crippen LogP contribution is -2.40. The van der Waals surface area contributed by atoms with Crippen LogP contribution in [-0.4, -0.2) is 26.8 Å². The molecule has 1 rings (SSSR count). The van der Waals surface area contributed by atoms with Crippen molar-refractivity contribution in [3.63, 3.8) is 0 Å². The van der Waals surface area contributed by atoms with E-state index >= 15 is 0 Å². The number of nitrogens with zero attached hydrogens (tertiary/aromatic N) is 1. The fourth-order valence-electron chi connectivity index (χ4n) is 1.14. The lowest BCUT2D eigenvalue weighted by molar-refractivity contribution is -0.387. The molecule has 0 aliphatic rings. The largest absolute Gasteiger partial charge is 0.368 e. The van der Waals surface area contributed by atoms with E-state index < -0.39 is 27.7 Å². The molecule has 1 aromatic rings. The van der Waals surface area contributed by atoms with Crippen LogP contribution in [-0.2, 0) is 15.6 Å². The highest BCUT2D eigenvalue weighted by atomic mass is 32.2. The Bertz CT molecular complexity index is 477. The van der Waals surface area contributed by atoms with E-state index in [0.29, 0.717) is 0 Å². The van der Waals surface area contributed by atoms with Gasteiger partial charge in [0.05, 0.1) is 27.5 Å². The van der Waals surface area contributed by atoms with Crippen LogP contribution in [0.4, 0.5) is 5.69 Å². The third-order valence-electron chi connectivity index (χ3n) is 2.00. The number of rotatable bonds is 5. The molecule has 0 bridgehead atoms. The molecule has 0 aliphatic heterocycles. The molecule has 0 saturated carbocycles. The second-order valence-corrected chi connectivity index (χ2v) is 4.71. The lowest BCUT2D eigenvalue weighted by atomic mass is 10.3. The van der Waals surface area contributed by atoms with Crippen molar-refractivity contribution in [1.82, 2.24) is 0 Å². The number of hydrogen-bond acceptors (Lipinski definition) is 5. The summed E-state index contributed by atoms with van der Waals surface area (Å²) in [4.78, 5) is 20.8. The molecular weight excluding hydrogens is 246 g/mol. The average Bonchev–Trinajstić information content (AvgIpc) is 2.28. The molecule has 8 heteroatoms. The molecule has 4 N–H and O–H groups in total. The van der Waals surface area contributed by atoms with Crippen molar-refractivity contribution >= 4 is 22.4 Å². The van der Waals surface area contributed by atoms with E-state index in [2.05, 4.69) is 0 Å². The average molecular weight is 257 g/mol. The minimum Gasteiger partial charge on any atom is -0.368 e. The molecule has 0 fully saturated rings. The smallest absolute Gasteiger partial charge is 0.285 e. The predicted molar refractivity (Wildman–Crippen MR) is 61.5 cm³/mol. The van der Waals surface area contributed by atoms with Crippen molar-refractivity contribution < 1.29 is 13.9 Å². The summed E-state index contributed by atoms with van der Waals surface area (Å²) in [5.41, 5.74) is 10.0. The normalized spacial score (nSPS) is 13.9. The van der Waals surface area contributed by atoms with Crippen molar-refractivity contribution in [3.8, 4) is 0 Å². The number of nitro benzene ring substituents is 1. The van der Waals surface area contributed by atoms with Gasteiger partial charge in [0.1, 0.15) is 4.90 Å². The molecule has 7 nitrogen and oxygen atoms in total. The van der Waals surface area contributed by atoms with E-state index in [1.54, 1.807) is 0 Å². The summed E-state index contributed by atoms with van der Waals surface area (Å²) in [5, 5.41) is 10.7. The van der Waals surface area contributed by atoms with Gasteiger partial charge in [-0.25, -0.2) is 0 Å². The highest BCUT2D eigenvalue weighted by molar-refractivity contribution is 7.85. The van der Waals surface area contributed by atoms with Crippen LogP contribution in [0.2, 0.25) is 0 Å². The highest BCUT2D eigenvalue weighted by Gasteiger charge is 2.21. The van der Waals surface area contributed by atoms with Gasteiger partial charge in [-0.05, 0) is 6.07 Å². The summed E-state index contributed by atoms with van der Waals surface area (Å²) in [6.45, 7) is 0. The van der Waals surface area contributed by atoms with Gasteiger partial charge in [0, 0.05) is 6.07 Å². The fourth-order valence-corrected chi connectivity index (χ4v) is 2.41. The molecule has 0 radical (unpaired) electrons. The number of carbonyl (C=O) groups is 1. The van der Waals surface area contributed by atoms with Crippen molar-refractivity contribution in [3.05, 3.63) is 34.4 Å². The fraction of sp³-hybridized carbons (Fsp3) is 0.222. The molecule has 2 unspecified atom stereocenters. The van der Waals surface area contributed by atoms with Gasteiger partial charge in [0.15, 0.2) is 0 Å². The lowest BCUT2D eigenvalue weighted by Gasteiger charge is -2.07. The molecule has 17 heavy (non-hydrogen) atoms. The number of para-hydroxylation sites is 1. The van der Waals surface area contributed by atoms with E-state index in [9.17, 15) is 19.1 Å². The van der Waals surface area contributed by atoms with Crippen molar-refractivity contribution in [2.45, 2.75) is 10.9 Å². The zero-order valence-electron chi connectivity index (χ0n) is 8.74. The third-order valence-corrected chi connectivity index (χ3v) is 3.50. The minimum absolute atomic E-state index is 0.0363. The Morgan fingerprint density at radius 2 is 2.06 bits per heavy atom.